The number of barbiturate groups is 1. The number of carbonyl (C=O) groups excluding carboxylic acids is 3. The third-order valence-electron chi connectivity index (χ3n) is 5.64. The molecule has 1 saturated heterocycles. The number of benzene rings is 3. The van der Waals surface area contributed by atoms with Gasteiger partial charge < -0.3 is 4.74 Å². The number of nitro groups is 1. The van der Waals surface area contributed by atoms with Crippen LogP contribution in [0.3, 0.4) is 0 Å². The predicted molar refractivity (Wildman–Crippen MR) is 136 cm³/mol. The second-order valence-electron chi connectivity index (χ2n) is 8.12. The van der Waals surface area contributed by atoms with Crippen LogP contribution in [-0.2, 0) is 16.2 Å². The lowest BCUT2D eigenvalue weighted by Gasteiger charge is -2.27. The molecule has 0 saturated carbocycles. The summed E-state index contributed by atoms with van der Waals surface area (Å²) in [5.74, 6) is -1.25. The van der Waals surface area contributed by atoms with Crippen molar-refractivity contribution in [1.82, 2.24) is 5.32 Å². The number of nitrogens with one attached hydrogen (secondary N) is 1. The van der Waals surface area contributed by atoms with E-state index in [2.05, 4.69) is 21.2 Å². The zero-order chi connectivity index (χ0) is 26.0. The number of aryl methyl sites for hydroxylation is 2. The minimum Gasteiger partial charge on any atom is -0.488 e. The molecule has 1 fully saturated rings. The Hall–Kier alpha value is -4.31. The maximum atomic E-state index is 13.3. The second kappa shape index (κ2) is 10.1. The topological polar surface area (TPSA) is 119 Å². The molecule has 182 valence electrons. The summed E-state index contributed by atoms with van der Waals surface area (Å²) < 4.78 is 6.54. The molecule has 0 spiro atoms. The van der Waals surface area contributed by atoms with Gasteiger partial charge in [0.2, 0.25) is 0 Å². The van der Waals surface area contributed by atoms with Crippen molar-refractivity contribution in [3.8, 4) is 5.75 Å². The Bertz CT molecular complexity index is 1450. The van der Waals surface area contributed by atoms with Gasteiger partial charge in [-0.25, -0.2) is 9.69 Å². The molecule has 9 nitrogen and oxygen atoms in total. The number of imide groups is 2. The molecule has 0 aromatic heterocycles. The van der Waals surface area contributed by atoms with Crippen LogP contribution in [0.15, 0.2) is 70.7 Å². The van der Waals surface area contributed by atoms with E-state index < -0.39 is 22.8 Å². The van der Waals surface area contributed by atoms with E-state index in [0.29, 0.717) is 27.0 Å². The minimum atomic E-state index is -0.832. The van der Waals surface area contributed by atoms with E-state index in [1.165, 1.54) is 18.2 Å². The van der Waals surface area contributed by atoms with Gasteiger partial charge in [0.1, 0.15) is 17.9 Å². The van der Waals surface area contributed by atoms with Crippen molar-refractivity contribution in [3.05, 3.63) is 103 Å². The lowest BCUT2D eigenvalue weighted by atomic mass is 10.0. The summed E-state index contributed by atoms with van der Waals surface area (Å²) in [6.07, 6.45) is 1.35. The highest BCUT2D eigenvalue weighted by Gasteiger charge is 2.37. The molecule has 0 bridgehead atoms. The molecule has 36 heavy (non-hydrogen) atoms. The van der Waals surface area contributed by atoms with Crippen LogP contribution >= 0.6 is 15.9 Å². The van der Waals surface area contributed by atoms with Gasteiger partial charge in [0.25, 0.3) is 17.5 Å². The molecule has 4 rings (SSSR count). The van der Waals surface area contributed by atoms with Crippen molar-refractivity contribution in [2.75, 3.05) is 4.90 Å². The van der Waals surface area contributed by atoms with Crippen LogP contribution in [0.4, 0.5) is 16.2 Å². The Morgan fingerprint density at radius 2 is 1.81 bits per heavy atom. The highest BCUT2D eigenvalue weighted by Crippen LogP contribution is 2.29. The smallest absolute Gasteiger partial charge is 0.335 e. The molecule has 1 aliphatic heterocycles. The first kappa shape index (κ1) is 24.8. The van der Waals surface area contributed by atoms with Crippen LogP contribution in [-0.4, -0.2) is 22.8 Å². The van der Waals surface area contributed by atoms with E-state index in [-0.39, 0.29) is 17.9 Å². The average molecular weight is 550 g/mol. The monoisotopic (exact) mass is 549 g/mol. The summed E-state index contributed by atoms with van der Waals surface area (Å²) >= 11 is 3.38. The summed E-state index contributed by atoms with van der Waals surface area (Å²) in [5.41, 5.74) is 2.90. The molecule has 10 heteroatoms. The first-order chi connectivity index (χ1) is 17.1. The van der Waals surface area contributed by atoms with Crippen molar-refractivity contribution < 1.29 is 24.0 Å². The highest BCUT2D eigenvalue weighted by atomic mass is 79.9. The number of rotatable bonds is 6. The molecule has 3 aromatic carbocycles. The largest absolute Gasteiger partial charge is 0.488 e. The lowest BCUT2D eigenvalue weighted by Crippen LogP contribution is -2.54. The molecule has 0 atom stereocenters. The normalized spacial score (nSPS) is 14.7. The van der Waals surface area contributed by atoms with Crippen LogP contribution in [0.2, 0.25) is 0 Å². The number of hydrogen-bond acceptors (Lipinski definition) is 6. The van der Waals surface area contributed by atoms with Crippen LogP contribution in [0.5, 0.6) is 5.75 Å². The first-order valence-electron chi connectivity index (χ1n) is 10.8. The SMILES string of the molecule is Cc1ccc(N2C(=O)NC(=O)/C(=C\c3cc(Br)ccc3OCc3cccc([N+](=O)[O-])c3)C2=O)cc1C. The first-order valence-corrected chi connectivity index (χ1v) is 11.6. The van der Waals surface area contributed by atoms with Crippen molar-refractivity contribution >= 4 is 51.2 Å². The van der Waals surface area contributed by atoms with Crippen molar-refractivity contribution in [2.45, 2.75) is 20.5 Å². The molecule has 1 heterocycles. The standard InChI is InChI=1S/C26H20BrN3O6/c1-15-6-8-20(10-16(15)2)29-25(32)22(24(31)28-26(29)33)13-18-12-19(27)7-9-23(18)36-14-17-4-3-5-21(11-17)30(34)35/h3-13H,14H2,1-2H3,(H,28,31,33)/b22-13+. The number of non-ortho nitro benzene ring substituents is 1. The Kier molecular flexibility index (Phi) is 6.98. The van der Waals surface area contributed by atoms with E-state index >= 15 is 0 Å². The number of halogens is 1. The quantitative estimate of drug-likeness (QED) is 0.195. The number of anilines is 1. The van der Waals surface area contributed by atoms with Gasteiger partial charge in [0, 0.05) is 22.2 Å². The predicted octanol–water partition coefficient (Wildman–Crippen LogP) is 5.22. The Balaban J connectivity index is 1.67. The summed E-state index contributed by atoms with van der Waals surface area (Å²) in [6.45, 7) is 3.79. The molecule has 0 radical (unpaired) electrons. The summed E-state index contributed by atoms with van der Waals surface area (Å²) in [4.78, 5) is 49.9. The minimum absolute atomic E-state index is 0.0207. The van der Waals surface area contributed by atoms with Gasteiger partial charge in [0.15, 0.2) is 0 Å². The maximum absolute atomic E-state index is 13.3. The molecule has 0 unspecified atom stereocenters. The van der Waals surface area contributed by atoms with Crippen LogP contribution in [0.25, 0.3) is 6.08 Å². The number of carbonyl (C=O) groups is 3. The zero-order valence-electron chi connectivity index (χ0n) is 19.3. The molecule has 1 aliphatic rings. The molecule has 0 aliphatic carbocycles. The van der Waals surface area contributed by atoms with Gasteiger partial charge in [-0.15, -0.1) is 0 Å². The van der Waals surface area contributed by atoms with Gasteiger partial charge in [0.05, 0.1) is 10.6 Å². The van der Waals surface area contributed by atoms with E-state index in [1.807, 2.05) is 13.8 Å². The summed E-state index contributed by atoms with van der Waals surface area (Å²) in [5, 5.41) is 13.3. The molecule has 4 amide bonds. The van der Waals surface area contributed by atoms with E-state index in [1.54, 1.807) is 48.5 Å². The molecule has 1 N–H and O–H groups in total. The highest BCUT2D eigenvalue weighted by molar-refractivity contribution is 9.10. The lowest BCUT2D eigenvalue weighted by molar-refractivity contribution is -0.384. The summed E-state index contributed by atoms with van der Waals surface area (Å²) in [7, 11) is 0. The van der Waals surface area contributed by atoms with Crippen LogP contribution in [0.1, 0.15) is 22.3 Å². The molecule has 3 aromatic rings. The second-order valence-corrected chi connectivity index (χ2v) is 9.04. The fourth-order valence-electron chi connectivity index (χ4n) is 3.60. The van der Waals surface area contributed by atoms with E-state index in [9.17, 15) is 24.5 Å². The van der Waals surface area contributed by atoms with Crippen LogP contribution < -0.4 is 15.0 Å². The fourth-order valence-corrected chi connectivity index (χ4v) is 3.98. The van der Waals surface area contributed by atoms with Crippen molar-refractivity contribution in [2.24, 2.45) is 0 Å². The number of nitrogens with zero attached hydrogens (tertiary/aromatic N) is 2. The van der Waals surface area contributed by atoms with E-state index in [4.69, 9.17) is 4.74 Å². The third-order valence-corrected chi connectivity index (χ3v) is 6.13. The Labute approximate surface area is 214 Å². The molecular formula is C26H20BrN3O6. The Morgan fingerprint density at radius 1 is 1.03 bits per heavy atom. The van der Waals surface area contributed by atoms with Gasteiger partial charge in [-0.3, -0.25) is 25.0 Å². The zero-order valence-corrected chi connectivity index (χ0v) is 20.9. The number of ether oxygens (including phenoxy) is 1. The van der Waals surface area contributed by atoms with Gasteiger partial charge in [-0.05, 0) is 66.9 Å². The number of hydrogen-bond donors (Lipinski definition) is 1. The van der Waals surface area contributed by atoms with Crippen molar-refractivity contribution in [1.29, 1.82) is 0 Å². The van der Waals surface area contributed by atoms with Gasteiger partial charge in [-0.2, -0.15) is 0 Å². The van der Waals surface area contributed by atoms with Crippen molar-refractivity contribution in [3.63, 3.8) is 0 Å². The number of urea groups is 1. The number of nitro benzene ring substituents is 1. The van der Waals surface area contributed by atoms with Crippen LogP contribution in [0, 0.1) is 24.0 Å². The Morgan fingerprint density at radius 3 is 2.53 bits per heavy atom. The van der Waals surface area contributed by atoms with E-state index in [0.717, 1.165) is 16.0 Å². The molecular weight excluding hydrogens is 530 g/mol. The average Bonchev–Trinajstić information content (AvgIpc) is 2.83. The van der Waals surface area contributed by atoms with Gasteiger partial charge >= 0.3 is 6.03 Å². The maximum Gasteiger partial charge on any atom is 0.335 e. The van der Waals surface area contributed by atoms with Gasteiger partial charge in [-0.1, -0.05) is 34.1 Å². The third kappa shape index (κ3) is 5.18. The summed E-state index contributed by atoms with van der Waals surface area (Å²) in [6, 6.07) is 15.4. The fraction of sp³-hybridized carbons (Fsp3) is 0.115. The number of amides is 4.